The number of carboxylic acids is 2. The van der Waals surface area contributed by atoms with Crippen LogP contribution in [-0.2, 0) is 9.59 Å². The number of hydrogen-bond donors (Lipinski definition) is 2. The number of carboxylic acid groups (broad SMARTS) is 2. The average Bonchev–Trinajstić information content (AvgIpc) is 2.60. The third-order valence-corrected chi connectivity index (χ3v) is 5.22. The van der Waals surface area contributed by atoms with Gasteiger partial charge in [-0.1, -0.05) is 6.92 Å². The molecule has 162 valence electrons. The minimum Gasteiger partial charge on any atom is -0.0654 e. The summed E-state index contributed by atoms with van der Waals surface area (Å²) < 4.78 is 0.591. The molecular weight excluding hydrogens is 347 g/mol. The van der Waals surface area contributed by atoms with Gasteiger partial charge in [-0.05, 0) is 0 Å². The van der Waals surface area contributed by atoms with Crippen molar-refractivity contribution in [3.63, 3.8) is 0 Å². The van der Waals surface area contributed by atoms with E-state index >= 15 is 0 Å². The van der Waals surface area contributed by atoms with Crippen LogP contribution in [-0.4, -0.2) is 39.9 Å². The molecule has 0 aromatic carbocycles. The molecule has 0 bridgehead atoms. The topological polar surface area (TPSA) is 74.6 Å². The molecule has 0 saturated carbocycles. The Labute approximate surface area is 183 Å². The number of carbonyl (C=O) groups is 2. The van der Waals surface area contributed by atoms with Crippen LogP contribution in [0.5, 0.6) is 0 Å². The van der Waals surface area contributed by atoms with Gasteiger partial charge in [0.25, 0.3) is 0 Å². The third-order valence-electron chi connectivity index (χ3n) is 5.22. The molecule has 0 amide bonds. The van der Waals surface area contributed by atoms with Crippen molar-refractivity contribution in [2.24, 2.45) is 0 Å². The van der Waals surface area contributed by atoms with Gasteiger partial charge in [0.2, 0.25) is 0 Å². The van der Waals surface area contributed by atoms with E-state index in [-0.39, 0.29) is 0 Å². The molecule has 0 aliphatic heterocycles. The van der Waals surface area contributed by atoms with Crippen molar-refractivity contribution >= 4 is 29.7 Å². The Bertz CT molecular complexity index is 358. The molecule has 0 aliphatic carbocycles. The van der Waals surface area contributed by atoms with Gasteiger partial charge in [0.1, 0.15) is 6.42 Å². The fraction of sp³-hybridized carbons (Fsp3) is 0.913. The SMILES string of the molecule is O=C(O)CC(=O)O.[Li][C](C)(CCCCCC)CCCCCCCCCCCC. The van der Waals surface area contributed by atoms with E-state index in [1.807, 2.05) is 0 Å². The summed E-state index contributed by atoms with van der Waals surface area (Å²) in [5.74, 6) is -2.62. The van der Waals surface area contributed by atoms with Gasteiger partial charge in [0.05, 0.1) is 0 Å². The molecule has 0 spiro atoms. The van der Waals surface area contributed by atoms with E-state index in [1.165, 1.54) is 103 Å². The second-order valence-corrected chi connectivity index (χ2v) is 8.87. The predicted molar refractivity (Wildman–Crippen MR) is 119 cm³/mol. The molecule has 0 heterocycles. The van der Waals surface area contributed by atoms with Crippen molar-refractivity contribution in [3.05, 3.63) is 0 Å². The Morgan fingerprint density at radius 1 is 0.643 bits per heavy atom. The fourth-order valence-corrected chi connectivity index (χ4v) is 3.38. The Morgan fingerprint density at radius 2 is 0.929 bits per heavy atom. The van der Waals surface area contributed by atoms with Gasteiger partial charge in [-0.3, -0.25) is 9.59 Å². The summed E-state index contributed by atoms with van der Waals surface area (Å²) in [7, 11) is 0. The fourth-order valence-electron chi connectivity index (χ4n) is 3.38. The monoisotopic (exact) mass is 392 g/mol. The summed E-state index contributed by atoms with van der Waals surface area (Å²) >= 11 is 2.48. The van der Waals surface area contributed by atoms with E-state index in [4.69, 9.17) is 10.2 Å². The number of aliphatic carboxylic acids is 2. The molecule has 0 radical (unpaired) electrons. The number of unbranched alkanes of at least 4 members (excludes halogenated alkanes) is 12. The second kappa shape index (κ2) is 21.3. The van der Waals surface area contributed by atoms with Crippen LogP contribution in [0.4, 0.5) is 0 Å². The number of rotatable bonds is 18. The van der Waals surface area contributed by atoms with Crippen molar-refractivity contribution in [2.45, 2.75) is 134 Å². The quantitative estimate of drug-likeness (QED) is 0.147. The van der Waals surface area contributed by atoms with Gasteiger partial charge < -0.3 is 10.2 Å². The van der Waals surface area contributed by atoms with E-state index in [0.717, 1.165) is 0 Å². The average molecular weight is 393 g/mol. The molecule has 1 unspecified atom stereocenters. The van der Waals surface area contributed by atoms with Crippen LogP contribution < -0.4 is 0 Å². The maximum atomic E-state index is 9.43. The Hall–Kier alpha value is -0.463. The van der Waals surface area contributed by atoms with E-state index in [9.17, 15) is 9.59 Å². The summed E-state index contributed by atoms with van der Waals surface area (Å²) in [5.41, 5.74) is 0. The molecule has 2 N–H and O–H groups in total. The zero-order valence-corrected chi connectivity index (χ0v) is 19.2. The molecule has 0 rings (SSSR count). The Balaban J connectivity index is 0. The van der Waals surface area contributed by atoms with Crippen LogP contribution in [0.15, 0.2) is 0 Å². The minimum atomic E-state index is -1.31. The smallest absolute Gasteiger partial charge is 0.0654 e. The van der Waals surface area contributed by atoms with Crippen LogP contribution >= 0.6 is 0 Å². The van der Waals surface area contributed by atoms with Gasteiger partial charge in [0.15, 0.2) is 0 Å². The number of hydrogen-bond acceptors (Lipinski definition) is 2. The maximum absolute atomic E-state index is 9.43. The van der Waals surface area contributed by atoms with Gasteiger partial charge in [0, 0.05) is 0 Å². The van der Waals surface area contributed by atoms with Crippen molar-refractivity contribution < 1.29 is 19.8 Å². The van der Waals surface area contributed by atoms with E-state index in [1.54, 1.807) is 0 Å². The van der Waals surface area contributed by atoms with E-state index in [2.05, 4.69) is 38.5 Å². The van der Waals surface area contributed by atoms with E-state index < -0.39 is 18.4 Å². The molecule has 5 heteroatoms. The molecule has 4 nitrogen and oxygen atoms in total. The van der Waals surface area contributed by atoms with Crippen LogP contribution in [0.25, 0.3) is 0 Å². The molecule has 28 heavy (non-hydrogen) atoms. The van der Waals surface area contributed by atoms with Crippen molar-refractivity contribution in [2.75, 3.05) is 0 Å². The molecular formula is C23H45LiO4. The van der Waals surface area contributed by atoms with Crippen molar-refractivity contribution in [1.29, 1.82) is 0 Å². The van der Waals surface area contributed by atoms with Gasteiger partial charge >= 0.3 is 150 Å². The standard InChI is InChI=1S/C20H41.C3H4O4.Li/c1-4-6-8-10-11-12-13-14-15-17-19-20(3)18-16-9-7-5-2;4-2(5)1-3(6)7;/h4-19H2,1-3H3;1H2,(H,4,5)(H,6,7);. The first-order valence-electron chi connectivity index (χ1n) is 11.7. The van der Waals surface area contributed by atoms with Crippen LogP contribution in [0, 0.1) is 0 Å². The normalized spacial score (nSPS) is 12.8. The molecule has 1 atom stereocenters. The molecule has 0 aromatic heterocycles. The van der Waals surface area contributed by atoms with E-state index in [0.29, 0.717) is 4.09 Å². The van der Waals surface area contributed by atoms with Crippen molar-refractivity contribution in [3.8, 4) is 0 Å². The van der Waals surface area contributed by atoms with Crippen LogP contribution in [0.1, 0.15) is 130 Å². The first kappa shape index (κ1) is 29.7. The van der Waals surface area contributed by atoms with Gasteiger partial charge in [-0.15, -0.1) is 0 Å². The first-order valence-corrected chi connectivity index (χ1v) is 11.7. The summed E-state index contributed by atoms with van der Waals surface area (Å²) in [6, 6.07) is 0. The molecule has 0 aromatic rings. The summed E-state index contributed by atoms with van der Waals surface area (Å²) in [6.45, 7) is 7.08. The van der Waals surface area contributed by atoms with Crippen molar-refractivity contribution in [1.82, 2.24) is 0 Å². The third kappa shape index (κ3) is 27.8. The van der Waals surface area contributed by atoms with Gasteiger partial charge in [-0.2, -0.15) is 0 Å². The summed E-state index contributed by atoms with van der Waals surface area (Å²) in [5, 5.41) is 15.4. The predicted octanol–water partition coefficient (Wildman–Crippen LogP) is 7.16. The zero-order chi connectivity index (χ0) is 21.7. The first-order chi connectivity index (χ1) is 13.2. The summed E-state index contributed by atoms with van der Waals surface area (Å²) in [4.78, 5) is 18.9. The second-order valence-electron chi connectivity index (χ2n) is 8.87. The zero-order valence-electron chi connectivity index (χ0n) is 19.2. The van der Waals surface area contributed by atoms with Crippen LogP contribution in [0.2, 0.25) is 4.09 Å². The van der Waals surface area contributed by atoms with Gasteiger partial charge in [-0.25, -0.2) is 0 Å². The Morgan fingerprint density at radius 3 is 1.21 bits per heavy atom. The molecule has 0 aliphatic rings. The van der Waals surface area contributed by atoms with Crippen LogP contribution in [0.3, 0.4) is 0 Å². The Kier molecular flexibility index (Phi) is 22.6. The summed E-state index contributed by atoms with van der Waals surface area (Å²) in [6.07, 6.45) is 22.3. The molecule has 0 saturated heterocycles. The molecule has 0 fully saturated rings. The minimum absolute atomic E-state index is 0.591.